The second-order valence-corrected chi connectivity index (χ2v) is 7.58. The maximum Gasteiger partial charge on any atom is 0.251 e. The van der Waals surface area contributed by atoms with E-state index in [1.165, 1.54) is 0 Å². The molecule has 6 nitrogen and oxygen atoms in total. The van der Waals surface area contributed by atoms with Gasteiger partial charge in [0.1, 0.15) is 11.8 Å². The highest BCUT2D eigenvalue weighted by atomic mass is 35.5. The van der Waals surface area contributed by atoms with Crippen molar-refractivity contribution in [3.05, 3.63) is 29.8 Å². The SMILES string of the molecule is CNCCC1CCN(C(=O)C(NC(=O)c2ccc(OC)cc2)C(C)C)CC1.Cl. The average Bonchev–Trinajstić information content (AvgIpc) is 2.70. The fourth-order valence-electron chi connectivity index (χ4n) is 3.47. The Kier molecular flexibility index (Phi) is 10.3. The number of likely N-dealkylation sites (tertiary alicyclic amines) is 1. The predicted octanol–water partition coefficient (Wildman–Crippen LogP) is 2.72. The van der Waals surface area contributed by atoms with Crippen LogP contribution >= 0.6 is 12.4 Å². The smallest absolute Gasteiger partial charge is 0.251 e. The van der Waals surface area contributed by atoms with Crippen molar-refractivity contribution in [1.29, 1.82) is 0 Å². The molecule has 1 unspecified atom stereocenters. The van der Waals surface area contributed by atoms with Crippen LogP contribution < -0.4 is 15.4 Å². The van der Waals surface area contributed by atoms with Crippen molar-refractivity contribution in [2.75, 3.05) is 33.8 Å². The first-order chi connectivity index (χ1) is 13.0. The van der Waals surface area contributed by atoms with Gasteiger partial charge in [-0.05, 0) is 69.0 Å². The molecule has 1 fully saturated rings. The molecule has 0 saturated carbocycles. The van der Waals surface area contributed by atoms with E-state index in [4.69, 9.17) is 4.74 Å². The quantitative estimate of drug-likeness (QED) is 0.690. The highest BCUT2D eigenvalue weighted by Gasteiger charge is 2.31. The summed E-state index contributed by atoms with van der Waals surface area (Å²) >= 11 is 0. The first-order valence-electron chi connectivity index (χ1n) is 9.84. The molecule has 7 heteroatoms. The lowest BCUT2D eigenvalue weighted by molar-refractivity contribution is -0.135. The molecule has 0 spiro atoms. The molecule has 0 bridgehead atoms. The molecular weight excluding hydrogens is 378 g/mol. The van der Waals surface area contributed by atoms with Crippen LogP contribution in [0.2, 0.25) is 0 Å². The van der Waals surface area contributed by atoms with E-state index < -0.39 is 6.04 Å². The molecule has 1 atom stereocenters. The zero-order chi connectivity index (χ0) is 19.8. The minimum absolute atomic E-state index is 0. The molecule has 0 radical (unpaired) electrons. The highest BCUT2D eigenvalue weighted by Crippen LogP contribution is 2.21. The van der Waals surface area contributed by atoms with Crippen LogP contribution in [0.25, 0.3) is 0 Å². The molecule has 2 N–H and O–H groups in total. The van der Waals surface area contributed by atoms with Crippen LogP contribution in [0.15, 0.2) is 24.3 Å². The van der Waals surface area contributed by atoms with E-state index in [2.05, 4.69) is 10.6 Å². The summed E-state index contributed by atoms with van der Waals surface area (Å²) in [5.41, 5.74) is 0.528. The summed E-state index contributed by atoms with van der Waals surface area (Å²) < 4.78 is 5.12. The number of nitrogens with zero attached hydrogens (tertiary/aromatic N) is 1. The van der Waals surface area contributed by atoms with Gasteiger partial charge in [-0.3, -0.25) is 9.59 Å². The van der Waals surface area contributed by atoms with E-state index in [-0.39, 0.29) is 30.1 Å². The Morgan fingerprint density at radius 3 is 2.29 bits per heavy atom. The predicted molar refractivity (Wildman–Crippen MR) is 114 cm³/mol. The van der Waals surface area contributed by atoms with Gasteiger partial charge in [0, 0.05) is 18.7 Å². The lowest BCUT2D eigenvalue weighted by atomic mass is 9.92. The van der Waals surface area contributed by atoms with Gasteiger partial charge >= 0.3 is 0 Å². The molecular formula is C21H34ClN3O3. The molecule has 28 heavy (non-hydrogen) atoms. The summed E-state index contributed by atoms with van der Waals surface area (Å²) in [5, 5.41) is 6.12. The van der Waals surface area contributed by atoms with E-state index in [0.29, 0.717) is 17.2 Å². The number of ether oxygens (including phenoxy) is 1. The number of piperidine rings is 1. The van der Waals surface area contributed by atoms with Gasteiger partial charge in [-0.15, -0.1) is 12.4 Å². The van der Waals surface area contributed by atoms with Crippen molar-refractivity contribution in [2.45, 2.75) is 39.2 Å². The second kappa shape index (κ2) is 11.9. The van der Waals surface area contributed by atoms with Gasteiger partial charge < -0.3 is 20.3 Å². The molecule has 0 aliphatic carbocycles. The largest absolute Gasteiger partial charge is 0.497 e. The zero-order valence-corrected chi connectivity index (χ0v) is 18.2. The number of nitrogens with one attached hydrogen (secondary N) is 2. The molecule has 1 aliphatic heterocycles. The molecule has 1 aromatic rings. The summed E-state index contributed by atoms with van der Waals surface area (Å²) in [4.78, 5) is 27.5. The molecule has 1 heterocycles. The van der Waals surface area contributed by atoms with Crippen molar-refractivity contribution < 1.29 is 14.3 Å². The highest BCUT2D eigenvalue weighted by molar-refractivity contribution is 5.97. The van der Waals surface area contributed by atoms with Crippen molar-refractivity contribution in [3.8, 4) is 5.75 Å². The molecule has 1 aliphatic rings. The average molecular weight is 412 g/mol. The Hall–Kier alpha value is -1.79. The number of carbonyl (C=O) groups is 2. The van der Waals surface area contributed by atoms with Crippen molar-refractivity contribution >= 4 is 24.2 Å². The number of carbonyl (C=O) groups excluding carboxylic acids is 2. The second-order valence-electron chi connectivity index (χ2n) is 7.58. The molecule has 2 amide bonds. The van der Waals surface area contributed by atoms with Crippen LogP contribution in [0.5, 0.6) is 5.75 Å². The van der Waals surface area contributed by atoms with E-state index in [0.717, 1.165) is 38.9 Å². The van der Waals surface area contributed by atoms with Crippen molar-refractivity contribution in [3.63, 3.8) is 0 Å². The standard InChI is InChI=1S/C21H33N3O3.ClH/c1-15(2)19(23-20(25)17-5-7-18(27-4)8-6-17)21(26)24-13-10-16(11-14-24)9-12-22-3;/h5-8,15-16,19,22H,9-14H2,1-4H3,(H,23,25);1H. The van der Waals surface area contributed by atoms with Crippen LogP contribution in [-0.4, -0.2) is 56.5 Å². The maximum absolute atomic E-state index is 13.0. The lowest BCUT2D eigenvalue weighted by Crippen LogP contribution is -2.53. The van der Waals surface area contributed by atoms with Gasteiger partial charge in [-0.25, -0.2) is 0 Å². The number of rotatable bonds is 8. The topological polar surface area (TPSA) is 70.7 Å². The Morgan fingerprint density at radius 2 is 1.79 bits per heavy atom. The van der Waals surface area contributed by atoms with Gasteiger partial charge in [0.05, 0.1) is 7.11 Å². The first-order valence-corrected chi connectivity index (χ1v) is 9.84. The van der Waals surface area contributed by atoms with E-state index in [9.17, 15) is 9.59 Å². The Balaban J connectivity index is 0.00000392. The van der Waals surface area contributed by atoms with Gasteiger partial charge in [0.2, 0.25) is 5.91 Å². The third-order valence-corrected chi connectivity index (χ3v) is 5.30. The Morgan fingerprint density at radius 1 is 1.18 bits per heavy atom. The Labute approximate surface area is 174 Å². The summed E-state index contributed by atoms with van der Waals surface area (Å²) in [6.45, 7) is 6.50. The zero-order valence-electron chi connectivity index (χ0n) is 17.4. The number of benzene rings is 1. The van der Waals surface area contributed by atoms with Crippen molar-refractivity contribution in [2.24, 2.45) is 11.8 Å². The Bertz CT molecular complexity index is 614. The summed E-state index contributed by atoms with van der Waals surface area (Å²) in [7, 11) is 3.56. The molecule has 158 valence electrons. The number of halogens is 1. The fraction of sp³-hybridized carbons (Fsp3) is 0.619. The molecule has 2 rings (SSSR count). The van der Waals surface area contributed by atoms with Gasteiger partial charge in [0.15, 0.2) is 0 Å². The van der Waals surface area contributed by atoms with E-state index in [1.807, 2.05) is 25.8 Å². The van der Waals surface area contributed by atoms with Gasteiger partial charge in [-0.2, -0.15) is 0 Å². The van der Waals surface area contributed by atoms with Crippen LogP contribution in [0.4, 0.5) is 0 Å². The minimum atomic E-state index is -0.506. The lowest BCUT2D eigenvalue weighted by Gasteiger charge is -2.35. The third-order valence-electron chi connectivity index (χ3n) is 5.30. The van der Waals surface area contributed by atoms with Gasteiger partial charge in [-0.1, -0.05) is 13.8 Å². The number of methoxy groups -OCH3 is 1. The number of amides is 2. The summed E-state index contributed by atoms with van der Waals surface area (Å²) in [6, 6.07) is 6.41. The van der Waals surface area contributed by atoms with E-state index >= 15 is 0 Å². The number of hydrogen-bond donors (Lipinski definition) is 2. The third kappa shape index (κ3) is 6.67. The summed E-state index contributed by atoms with van der Waals surface area (Å²) in [6.07, 6.45) is 3.22. The van der Waals surface area contributed by atoms with Gasteiger partial charge in [0.25, 0.3) is 5.91 Å². The minimum Gasteiger partial charge on any atom is -0.497 e. The van der Waals surface area contributed by atoms with Crippen molar-refractivity contribution in [1.82, 2.24) is 15.5 Å². The van der Waals surface area contributed by atoms with Crippen LogP contribution in [0.3, 0.4) is 0 Å². The first kappa shape index (κ1) is 24.2. The number of hydrogen-bond acceptors (Lipinski definition) is 4. The monoisotopic (exact) mass is 411 g/mol. The fourth-order valence-corrected chi connectivity index (χ4v) is 3.47. The summed E-state index contributed by atoms with van der Waals surface area (Å²) in [5.74, 6) is 1.20. The normalized spacial score (nSPS) is 15.7. The molecule has 0 aromatic heterocycles. The molecule has 1 aromatic carbocycles. The van der Waals surface area contributed by atoms with E-state index in [1.54, 1.807) is 31.4 Å². The van der Waals surface area contributed by atoms with Crippen LogP contribution in [0, 0.1) is 11.8 Å². The van der Waals surface area contributed by atoms with Crippen LogP contribution in [-0.2, 0) is 4.79 Å². The molecule has 1 saturated heterocycles. The maximum atomic E-state index is 13.0. The van der Waals surface area contributed by atoms with Crippen LogP contribution in [0.1, 0.15) is 43.5 Å².